The van der Waals surface area contributed by atoms with Gasteiger partial charge in [0.05, 0.1) is 0 Å². The number of pyridine rings is 2. The number of piperidine rings is 2. The zero-order valence-corrected chi connectivity index (χ0v) is 34.7. The first-order valence-electron chi connectivity index (χ1n) is 21.5. The summed E-state index contributed by atoms with van der Waals surface area (Å²) in [4.78, 5) is 68.0. The summed E-state index contributed by atoms with van der Waals surface area (Å²) in [5.74, 6) is 1.30. The molecule has 0 spiro atoms. The van der Waals surface area contributed by atoms with E-state index in [0.29, 0.717) is 47.8 Å². The number of unbranched alkanes of at least 4 members (excludes halogenated alkanes) is 1. The van der Waals surface area contributed by atoms with E-state index in [1.807, 2.05) is 64.4 Å². The SMILES string of the molecule is CC(CCNC(=O)c1cc2cnccc2[nH]1)C1CCN(C(=O)c2ccccc2)CC1.O=C(NCCCCC1CCN(C(=O)c2ccc(F)cc2)CC1)c1cc2cnccc2[nH]1. The van der Waals surface area contributed by atoms with Crippen molar-refractivity contribution in [2.75, 3.05) is 39.3 Å². The molecule has 2 aliphatic heterocycles. The van der Waals surface area contributed by atoms with Crippen LogP contribution in [-0.2, 0) is 0 Å². The van der Waals surface area contributed by atoms with Gasteiger partial charge < -0.3 is 30.4 Å². The summed E-state index contributed by atoms with van der Waals surface area (Å²) in [6.07, 6.45) is 14.9. The van der Waals surface area contributed by atoms with Gasteiger partial charge in [-0.05, 0) is 117 Å². The number of nitrogens with zero attached hydrogens (tertiary/aromatic N) is 4. The lowest BCUT2D eigenvalue weighted by molar-refractivity contribution is 0.0656. The molecular weight excluding hydrogens is 772 g/mol. The molecule has 1 unspecified atom stereocenters. The van der Waals surface area contributed by atoms with Crippen LogP contribution >= 0.6 is 0 Å². The molecule has 1 atom stereocenters. The van der Waals surface area contributed by atoms with E-state index in [9.17, 15) is 23.6 Å². The molecule has 2 aliphatic rings. The third-order valence-electron chi connectivity index (χ3n) is 12.2. The number of amides is 4. The molecule has 61 heavy (non-hydrogen) atoms. The van der Waals surface area contributed by atoms with Crippen molar-refractivity contribution < 1.29 is 23.6 Å². The summed E-state index contributed by atoms with van der Waals surface area (Å²) >= 11 is 0. The second kappa shape index (κ2) is 20.7. The maximum Gasteiger partial charge on any atom is 0.267 e. The molecule has 0 aliphatic carbocycles. The number of halogens is 1. The first-order chi connectivity index (χ1) is 29.7. The smallest absolute Gasteiger partial charge is 0.267 e. The Labute approximate surface area is 355 Å². The van der Waals surface area contributed by atoms with E-state index in [-0.39, 0.29) is 29.4 Å². The van der Waals surface area contributed by atoms with E-state index in [0.717, 1.165) is 105 Å². The van der Waals surface area contributed by atoms with Gasteiger partial charge >= 0.3 is 0 Å². The molecule has 4 N–H and O–H groups in total. The van der Waals surface area contributed by atoms with Crippen LogP contribution in [0.1, 0.15) is 100.0 Å². The van der Waals surface area contributed by atoms with Crippen molar-refractivity contribution in [2.24, 2.45) is 17.8 Å². The molecule has 2 saturated heterocycles. The van der Waals surface area contributed by atoms with Crippen molar-refractivity contribution in [1.82, 2.24) is 40.4 Å². The van der Waals surface area contributed by atoms with Gasteiger partial charge in [0.25, 0.3) is 23.6 Å². The number of likely N-dealkylation sites (tertiary alicyclic amines) is 2. The van der Waals surface area contributed by atoms with E-state index in [4.69, 9.17) is 0 Å². The maximum absolute atomic E-state index is 13.0. The lowest BCUT2D eigenvalue weighted by Crippen LogP contribution is -2.40. The van der Waals surface area contributed by atoms with Gasteiger partial charge in [-0.2, -0.15) is 0 Å². The zero-order chi connectivity index (χ0) is 42.6. The molecule has 6 heterocycles. The Kier molecular flexibility index (Phi) is 14.5. The van der Waals surface area contributed by atoms with Crippen molar-refractivity contribution in [2.45, 2.75) is 58.3 Å². The standard InChI is InChI=1S/C24H27FN4O2.C24H28N4O2/c25-20-6-4-18(5-7-20)24(31)29-13-9-17(10-14-29)3-1-2-11-27-23(30)22-15-19-16-26-12-8-21(19)28-22;1-17(7-12-26-23(29)22-15-20-16-25-11-8-21(20)27-22)18-9-13-28(14-10-18)24(30)19-5-3-2-4-6-19/h4-8,12,15-17,28H,1-3,9-11,13-14H2,(H,27,30);2-6,8,11,15-18,27H,7,9-10,12-14H2,1H3,(H,26,29). The Bertz CT molecular complexity index is 2320. The molecule has 0 bridgehead atoms. The largest absolute Gasteiger partial charge is 0.351 e. The molecule has 2 fully saturated rings. The van der Waals surface area contributed by atoms with Crippen LogP contribution in [0.5, 0.6) is 0 Å². The monoisotopic (exact) mass is 826 g/mol. The molecule has 4 aromatic heterocycles. The van der Waals surface area contributed by atoms with Crippen LogP contribution in [0.25, 0.3) is 21.8 Å². The molecule has 0 radical (unpaired) electrons. The van der Waals surface area contributed by atoms with Crippen LogP contribution in [0, 0.1) is 23.6 Å². The predicted molar refractivity (Wildman–Crippen MR) is 235 cm³/mol. The molecule has 2 aromatic carbocycles. The predicted octanol–water partition coefficient (Wildman–Crippen LogP) is 8.03. The highest BCUT2D eigenvalue weighted by molar-refractivity contribution is 5.98. The first kappa shape index (κ1) is 42.7. The third kappa shape index (κ3) is 11.5. The number of hydrogen-bond donors (Lipinski definition) is 4. The van der Waals surface area contributed by atoms with E-state index >= 15 is 0 Å². The summed E-state index contributed by atoms with van der Waals surface area (Å²) < 4.78 is 13.0. The van der Waals surface area contributed by atoms with Gasteiger partial charge in [0.2, 0.25) is 0 Å². The van der Waals surface area contributed by atoms with Crippen molar-refractivity contribution in [3.05, 3.63) is 132 Å². The lowest BCUT2D eigenvalue weighted by atomic mass is 9.83. The van der Waals surface area contributed by atoms with Crippen LogP contribution in [0.15, 0.2) is 104 Å². The fourth-order valence-electron chi connectivity index (χ4n) is 8.42. The molecule has 13 heteroatoms. The number of nitrogens with one attached hydrogen (secondary N) is 4. The summed E-state index contributed by atoms with van der Waals surface area (Å²) in [5.41, 5.74) is 4.26. The summed E-state index contributed by atoms with van der Waals surface area (Å²) in [6.45, 7) is 6.64. The molecule has 6 aromatic rings. The summed E-state index contributed by atoms with van der Waals surface area (Å²) in [5, 5.41) is 7.86. The molecule has 12 nitrogen and oxygen atoms in total. The number of rotatable bonds is 13. The maximum atomic E-state index is 13.0. The Morgan fingerprint density at radius 3 is 1.77 bits per heavy atom. The third-order valence-corrected chi connectivity index (χ3v) is 12.2. The minimum atomic E-state index is -0.329. The van der Waals surface area contributed by atoms with Gasteiger partial charge in [0.15, 0.2) is 0 Å². The van der Waals surface area contributed by atoms with Crippen LogP contribution in [-0.4, -0.2) is 92.6 Å². The Morgan fingerprint density at radius 1 is 0.689 bits per heavy atom. The minimum absolute atomic E-state index is 0.0195. The number of hydrogen-bond acceptors (Lipinski definition) is 6. The number of aromatic amines is 2. The topological polar surface area (TPSA) is 156 Å². The Hall–Kier alpha value is -6.37. The highest BCUT2D eigenvalue weighted by atomic mass is 19.1. The van der Waals surface area contributed by atoms with Gasteiger partial charge in [0.1, 0.15) is 17.2 Å². The normalized spacial score (nSPS) is 15.2. The van der Waals surface area contributed by atoms with Crippen LogP contribution in [0.3, 0.4) is 0 Å². The van der Waals surface area contributed by atoms with Crippen LogP contribution in [0.2, 0.25) is 0 Å². The van der Waals surface area contributed by atoms with E-state index in [1.54, 1.807) is 36.9 Å². The second-order valence-corrected chi connectivity index (χ2v) is 16.3. The number of H-pyrrole nitrogens is 2. The minimum Gasteiger partial charge on any atom is -0.351 e. The van der Waals surface area contributed by atoms with E-state index in [2.05, 4.69) is 37.5 Å². The van der Waals surface area contributed by atoms with E-state index in [1.165, 1.54) is 12.1 Å². The summed E-state index contributed by atoms with van der Waals surface area (Å²) in [7, 11) is 0. The van der Waals surface area contributed by atoms with Crippen molar-refractivity contribution in [1.29, 1.82) is 0 Å². The van der Waals surface area contributed by atoms with E-state index < -0.39 is 0 Å². The van der Waals surface area contributed by atoms with Gasteiger partial charge in [-0.15, -0.1) is 0 Å². The van der Waals surface area contributed by atoms with Gasteiger partial charge in [-0.3, -0.25) is 29.1 Å². The Balaban J connectivity index is 0.000000184. The fraction of sp³-hybridized carbons (Fsp3) is 0.375. The van der Waals surface area contributed by atoms with Crippen molar-refractivity contribution in [3.8, 4) is 0 Å². The van der Waals surface area contributed by atoms with Gasteiger partial charge in [-0.1, -0.05) is 38.0 Å². The number of benzene rings is 2. The molecule has 4 amide bonds. The lowest BCUT2D eigenvalue weighted by Gasteiger charge is -2.35. The second-order valence-electron chi connectivity index (χ2n) is 16.3. The van der Waals surface area contributed by atoms with Crippen molar-refractivity contribution >= 4 is 45.4 Å². The summed E-state index contributed by atoms with van der Waals surface area (Å²) in [6, 6.07) is 22.6. The van der Waals surface area contributed by atoms with Crippen molar-refractivity contribution in [3.63, 3.8) is 0 Å². The molecule has 8 rings (SSSR count). The zero-order valence-electron chi connectivity index (χ0n) is 34.7. The number of fused-ring (bicyclic) bond motifs is 2. The average Bonchev–Trinajstić information content (AvgIpc) is 3.95. The number of carbonyl (C=O) groups excluding carboxylic acids is 4. The quantitative estimate of drug-likeness (QED) is 0.0865. The Morgan fingerprint density at radius 2 is 1.21 bits per heavy atom. The number of aromatic nitrogens is 4. The number of carbonyl (C=O) groups is 4. The highest BCUT2D eigenvalue weighted by Crippen LogP contribution is 2.28. The van der Waals surface area contributed by atoms with Gasteiger partial charge in [-0.25, -0.2) is 4.39 Å². The fourth-order valence-corrected chi connectivity index (χ4v) is 8.42. The van der Waals surface area contributed by atoms with Crippen LogP contribution in [0.4, 0.5) is 4.39 Å². The highest BCUT2D eigenvalue weighted by Gasteiger charge is 2.27. The van der Waals surface area contributed by atoms with Crippen LogP contribution < -0.4 is 10.6 Å². The molecular formula is C48H55FN8O4. The molecule has 0 saturated carbocycles. The average molecular weight is 827 g/mol. The first-order valence-corrected chi connectivity index (χ1v) is 21.5. The molecule has 318 valence electrons. The van der Waals surface area contributed by atoms with Gasteiger partial charge in [0, 0.05) is 97.0 Å².